The van der Waals surface area contributed by atoms with Crippen molar-refractivity contribution in [3.8, 4) is 6.01 Å². The number of nitrogens with one attached hydrogen (secondary N) is 1. The van der Waals surface area contributed by atoms with Crippen molar-refractivity contribution in [3.63, 3.8) is 0 Å². The van der Waals surface area contributed by atoms with Gasteiger partial charge in [0.2, 0.25) is 10.0 Å². The summed E-state index contributed by atoms with van der Waals surface area (Å²) in [5, 5.41) is 7.79. The van der Waals surface area contributed by atoms with E-state index in [2.05, 4.69) is 30.8 Å². The average molecular weight is 407 g/mol. The first-order valence-electron chi connectivity index (χ1n) is 6.74. The highest BCUT2D eigenvalue weighted by Gasteiger charge is 2.24. The largest absolute Gasteiger partial charge is 0.467 e. The highest BCUT2D eigenvalue weighted by atomic mass is 79.9. The van der Waals surface area contributed by atoms with Crippen molar-refractivity contribution in [1.82, 2.24) is 19.5 Å². The Morgan fingerprint density at radius 2 is 2.13 bits per heavy atom. The zero-order valence-electron chi connectivity index (χ0n) is 12.7. The van der Waals surface area contributed by atoms with Crippen LogP contribution in [0.5, 0.6) is 6.01 Å². The van der Waals surface area contributed by atoms with Crippen molar-refractivity contribution in [3.05, 3.63) is 34.3 Å². The first-order valence-corrected chi connectivity index (χ1v) is 9.02. The van der Waals surface area contributed by atoms with E-state index in [0.29, 0.717) is 18.4 Å². The van der Waals surface area contributed by atoms with Gasteiger partial charge < -0.3 is 4.74 Å². The molecule has 0 bridgehead atoms. The lowest BCUT2D eigenvalue weighted by molar-refractivity contribution is 0.354. The number of rotatable bonds is 6. The lowest BCUT2D eigenvalue weighted by Crippen LogP contribution is -2.29. The van der Waals surface area contributed by atoms with E-state index >= 15 is 0 Å². The Hall–Kier alpha value is -1.52. The van der Waals surface area contributed by atoms with Gasteiger partial charge in [-0.25, -0.2) is 17.5 Å². The number of hydrogen-bond acceptors (Lipinski definition) is 5. The Morgan fingerprint density at radius 1 is 1.43 bits per heavy atom. The monoisotopic (exact) mass is 406 g/mol. The van der Waals surface area contributed by atoms with Crippen LogP contribution in [0.4, 0.5) is 4.39 Å². The van der Waals surface area contributed by atoms with Crippen LogP contribution in [-0.2, 0) is 16.6 Å². The van der Waals surface area contributed by atoms with Crippen molar-refractivity contribution in [2.75, 3.05) is 7.11 Å². The SMILES string of the molecule is CCn1c(OC)nnc1[C@@H](C)NS(=O)(=O)c1ccc(Br)c(F)c1. The summed E-state index contributed by atoms with van der Waals surface area (Å²) in [6.07, 6.45) is 0. The van der Waals surface area contributed by atoms with E-state index in [1.54, 1.807) is 11.5 Å². The Bertz CT molecular complexity index is 810. The Kier molecular flexibility index (Phi) is 5.37. The predicted octanol–water partition coefficient (Wildman–Crippen LogP) is 2.25. The minimum Gasteiger partial charge on any atom is -0.467 e. The molecule has 0 aliphatic rings. The quantitative estimate of drug-likeness (QED) is 0.794. The average Bonchev–Trinajstić information content (AvgIpc) is 2.92. The second kappa shape index (κ2) is 6.93. The van der Waals surface area contributed by atoms with Crippen LogP contribution in [0.2, 0.25) is 0 Å². The molecule has 0 saturated carbocycles. The number of aromatic nitrogens is 3. The highest BCUT2D eigenvalue weighted by molar-refractivity contribution is 9.10. The van der Waals surface area contributed by atoms with Crippen molar-refractivity contribution >= 4 is 26.0 Å². The predicted molar refractivity (Wildman–Crippen MR) is 85.1 cm³/mol. The summed E-state index contributed by atoms with van der Waals surface area (Å²) < 4.78 is 47.7. The van der Waals surface area contributed by atoms with Crippen LogP contribution in [0.15, 0.2) is 27.6 Å². The normalized spacial score (nSPS) is 13.1. The van der Waals surface area contributed by atoms with Gasteiger partial charge in [-0.2, -0.15) is 0 Å². The molecule has 0 amide bonds. The zero-order chi connectivity index (χ0) is 17.2. The fourth-order valence-electron chi connectivity index (χ4n) is 2.07. The van der Waals surface area contributed by atoms with E-state index in [9.17, 15) is 12.8 Å². The van der Waals surface area contributed by atoms with E-state index in [0.717, 1.165) is 6.07 Å². The third kappa shape index (κ3) is 3.70. The molecule has 0 aliphatic heterocycles. The van der Waals surface area contributed by atoms with Gasteiger partial charge in [0.15, 0.2) is 5.82 Å². The number of sulfonamides is 1. The number of hydrogen-bond donors (Lipinski definition) is 1. The van der Waals surface area contributed by atoms with Gasteiger partial charge in [0.05, 0.1) is 22.5 Å². The fourth-order valence-corrected chi connectivity index (χ4v) is 3.53. The zero-order valence-corrected chi connectivity index (χ0v) is 15.1. The van der Waals surface area contributed by atoms with Gasteiger partial charge in [-0.3, -0.25) is 4.57 Å². The number of ether oxygens (including phenoxy) is 1. The fraction of sp³-hybridized carbons (Fsp3) is 0.385. The Morgan fingerprint density at radius 3 is 2.70 bits per heavy atom. The highest BCUT2D eigenvalue weighted by Crippen LogP contribution is 2.22. The molecule has 1 aromatic carbocycles. The van der Waals surface area contributed by atoms with Crippen LogP contribution >= 0.6 is 15.9 Å². The minimum atomic E-state index is -3.90. The van der Waals surface area contributed by atoms with Crippen LogP contribution < -0.4 is 9.46 Å². The molecule has 0 radical (unpaired) electrons. The maximum absolute atomic E-state index is 13.6. The van der Waals surface area contributed by atoms with Crippen LogP contribution in [-0.4, -0.2) is 30.3 Å². The van der Waals surface area contributed by atoms with Gasteiger partial charge in [0, 0.05) is 6.54 Å². The molecule has 0 unspecified atom stereocenters. The molecule has 0 aliphatic carbocycles. The Balaban J connectivity index is 2.29. The van der Waals surface area contributed by atoms with Gasteiger partial charge >= 0.3 is 6.01 Å². The summed E-state index contributed by atoms with van der Waals surface area (Å²) in [4.78, 5) is -0.167. The molecule has 0 spiro atoms. The summed E-state index contributed by atoms with van der Waals surface area (Å²) in [6, 6.07) is 3.23. The number of nitrogens with zero attached hydrogens (tertiary/aromatic N) is 3. The van der Waals surface area contributed by atoms with Crippen LogP contribution in [0.3, 0.4) is 0 Å². The van der Waals surface area contributed by atoms with Gasteiger partial charge in [-0.1, -0.05) is 5.10 Å². The number of benzene rings is 1. The molecule has 126 valence electrons. The van der Waals surface area contributed by atoms with Crippen molar-refractivity contribution in [2.24, 2.45) is 0 Å². The maximum atomic E-state index is 13.6. The van der Waals surface area contributed by atoms with Crippen molar-refractivity contribution < 1.29 is 17.5 Å². The molecular weight excluding hydrogens is 391 g/mol. The van der Waals surface area contributed by atoms with Crippen LogP contribution in [0.25, 0.3) is 0 Å². The topological polar surface area (TPSA) is 86.1 Å². The van der Waals surface area contributed by atoms with E-state index in [-0.39, 0.29) is 9.37 Å². The molecule has 1 atom stereocenters. The van der Waals surface area contributed by atoms with Crippen molar-refractivity contribution in [1.29, 1.82) is 0 Å². The minimum absolute atomic E-state index is 0.167. The second-order valence-electron chi connectivity index (χ2n) is 4.71. The molecule has 10 heteroatoms. The molecular formula is C13H16BrFN4O3S. The molecule has 7 nitrogen and oxygen atoms in total. The Labute approximate surface area is 142 Å². The molecule has 2 rings (SSSR count). The first-order chi connectivity index (χ1) is 10.8. The van der Waals surface area contributed by atoms with E-state index in [4.69, 9.17) is 4.74 Å². The molecule has 0 fully saturated rings. The van der Waals surface area contributed by atoms with E-state index in [1.807, 2.05) is 6.92 Å². The van der Waals surface area contributed by atoms with Gasteiger partial charge in [-0.05, 0) is 48.0 Å². The number of methoxy groups -OCH3 is 1. The second-order valence-corrected chi connectivity index (χ2v) is 7.28. The molecule has 2 aromatic rings. The lowest BCUT2D eigenvalue weighted by Gasteiger charge is -2.15. The van der Waals surface area contributed by atoms with E-state index < -0.39 is 21.9 Å². The first kappa shape index (κ1) is 17.8. The maximum Gasteiger partial charge on any atom is 0.316 e. The molecule has 1 heterocycles. The molecule has 1 aromatic heterocycles. The van der Waals surface area contributed by atoms with Gasteiger partial charge in [-0.15, -0.1) is 5.10 Å². The molecule has 23 heavy (non-hydrogen) atoms. The summed E-state index contributed by atoms with van der Waals surface area (Å²) >= 11 is 2.99. The summed E-state index contributed by atoms with van der Waals surface area (Å²) in [7, 11) is -2.44. The summed E-state index contributed by atoms with van der Waals surface area (Å²) in [6.45, 7) is 4.01. The molecule has 0 saturated heterocycles. The van der Waals surface area contributed by atoms with Crippen molar-refractivity contribution in [2.45, 2.75) is 31.3 Å². The third-order valence-corrected chi connectivity index (χ3v) is 5.35. The summed E-state index contributed by atoms with van der Waals surface area (Å²) in [5.41, 5.74) is 0. The van der Waals surface area contributed by atoms with Gasteiger partial charge in [0.1, 0.15) is 5.82 Å². The van der Waals surface area contributed by atoms with Gasteiger partial charge in [0.25, 0.3) is 0 Å². The van der Waals surface area contributed by atoms with Crippen LogP contribution in [0.1, 0.15) is 25.7 Å². The lowest BCUT2D eigenvalue weighted by atomic mass is 10.3. The molecule has 1 N–H and O–H groups in total. The smallest absolute Gasteiger partial charge is 0.316 e. The third-order valence-electron chi connectivity index (χ3n) is 3.16. The standard InChI is InChI=1S/C13H16BrFN4O3S/c1-4-19-12(16-17-13(19)22-3)8(2)18-23(20,21)9-5-6-10(14)11(15)7-9/h5-8,18H,4H2,1-3H3/t8-/m1/s1. The summed E-state index contributed by atoms with van der Waals surface area (Å²) in [5.74, 6) is -0.246. The van der Waals surface area contributed by atoms with Crippen LogP contribution in [0, 0.1) is 5.82 Å². The number of halogens is 2. The van der Waals surface area contributed by atoms with E-state index in [1.165, 1.54) is 19.2 Å².